The van der Waals surface area contributed by atoms with Crippen LogP contribution in [0.3, 0.4) is 0 Å². The maximum absolute atomic E-state index is 4.69. The van der Waals surface area contributed by atoms with Crippen molar-refractivity contribution in [1.82, 2.24) is 15.2 Å². The summed E-state index contributed by atoms with van der Waals surface area (Å²) in [7, 11) is 0. The van der Waals surface area contributed by atoms with Crippen LogP contribution in [0.25, 0.3) is 0 Å². The van der Waals surface area contributed by atoms with E-state index in [0.29, 0.717) is 0 Å². The van der Waals surface area contributed by atoms with E-state index in [1.165, 1.54) is 50.2 Å². The van der Waals surface area contributed by atoms with Crippen LogP contribution in [-0.4, -0.2) is 48.6 Å². The van der Waals surface area contributed by atoms with Crippen molar-refractivity contribution in [2.75, 3.05) is 37.6 Å². The van der Waals surface area contributed by atoms with Gasteiger partial charge in [-0.05, 0) is 38.4 Å². The highest BCUT2D eigenvalue weighted by atomic mass is 15.3. The fraction of sp³-hybridized carbons (Fsp3) is 0.706. The molecule has 4 nitrogen and oxygen atoms in total. The number of nitrogens with one attached hydrogen (secondary N) is 1. The zero-order valence-electron chi connectivity index (χ0n) is 13.2. The van der Waals surface area contributed by atoms with E-state index in [1.807, 2.05) is 6.20 Å². The molecule has 0 radical (unpaired) electrons. The number of hydrogen-bond acceptors (Lipinski definition) is 4. The Morgan fingerprint density at radius 1 is 1.29 bits per heavy atom. The zero-order chi connectivity index (χ0) is 14.5. The molecule has 0 aliphatic carbocycles. The molecule has 116 valence electrons. The van der Waals surface area contributed by atoms with Gasteiger partial charge in [0.05, 0.1) is 0 Å². The average molecular weight is 288 g/mol. The van der Waals surface area contributed by atoms with Crippen molar-refractivity contribution in [3.63, 3.8) is 0 Å². The molecule has 2 fully saturated rings. The van der Waals surface area contributed by atoms with Crippen molar-refractivity contribution in [2.24, 2.45) is 0 Å². The molecule has 4 heteroatoms. The number of anilines is 1. The minimum absolute atomic E-state index is 0.742. The van der Waals surface area contributed by atoms with Crippen molar-refractivity contribution >= 4 is 5.82 Å². The first-order chi connectivity index (χ1) is 10.4. The summed E-state index contributed by atoms with van der Waals surface area (Å²) < 4.78 is 0. The third kappa shape index (κ3) is 3.55. The number of nitrogens with zero attached hydrogens (tertiary/aromatic N) is 3. The maximum atomic E-state index is 4.69. The van der Waals surface area contributed by atoms with E-state index in [-0.39, 0.29) is 0 Å². The van der Waals surface area contributed by atoms with Crippen LogP contribution in [0.4, 0.5) is 5.82 Å². The Kier molecular flexibility index (Phi) is 5.09. The monoisotopic (exact) mass is 288 g/mol. The third-order valence-electron chi connectivity index (χ3n) is 4.75. The zero-order valence-corrected chi connectivity index (χ0v) is 13.2. The lowest BCUT2D eigenvalue weighted by Gasteiger charge is -2.44. The standard InChI is InChI=1S/C17H28N4/c1-2-8-18-13-15-6-5-9-19-17(15)21-12-11-20-10-4-3-7-16(20)14-21/h5-6,9,16,18H,2-4,7-8,10-14H2,1H3. The van der Waals surface area contributed by atoms with Crippen molar-refractivity contribution in [3.8, 4) is 0 Å². The van der Waals surface area contributed by atoms with Gasteiger partial charge in [0.1, 0.15) is 5.82 Å². The number of rotatable bonds is 5. The largest absolute Gasteiger partial charge is 0.353 e. The number of pyridine rings is 1. The van der Waals surface area contributed by atoms with Gasteiger partial charge in [-0.15, -0.1) is 0 Å². The molecule has 0 amide bonds. The number of fused-ring (bicyclic) bond motifs is 1. The van der Waals surface area contributed by atoms with E-state index in [1.54, 1.807) is 0 Å². The van der Waals surface area contributed by atoms with Crippen LogP contribution < -0.4 is 10.2 Å². The molecule has 21 heavy (non-hydrogen) atoms. The van der Waals surface area contributed by atoms with Crippen LogP contribution in [0.2, 0.25) is 0 Å². The molecular formula is C17H28N4. The molecule has 1 unspecified atom stereocenters. The second-order valence-electron chi connectivity index (χ2n) is 6.29. The Labute approximate surface area is 128 Å². The average Bonchev–Trinajstić information content (AvgIpc) is 2.55. The molecule has 2 saturated heterocycles. The molecule has 1 aromatic heterocycles. The van der Waals surface area contributed by atoms with Gasteiger partial charge in [-0.1, -0.05) is 19.4 Å². The smallest absolute Gasteiger partial charge is 0.133 e. The predicted octanol–water partition coefficient (Wildman–Crippen LogP) is 2.26. The highest BCUT2D eigenvalue weighted by Crippen LogP contribution is 2.25. The molecule has 1 atom stereocenters. The number of piperazine rings is 1. The molecule has 0 spiro atoms. The lowest BCUT2D eigenvalue weighted by molar-refractivity contribution is 0.133. The minimum Gasteiger partial charge on any atom is -0.353 e. The van der Waals surface area contributed by atoms with Gasteiger partial charge < -0.3 is 10.2 Å². The summed E-state index contributed by atoms with van der Waals surface area (Å²) in [5.41, 5.74) is 1.34. The molecular weight excluding hydrogens is 260 g/mol. The topological polar surface area (TPSA) is 31.4 Å². The van der Waals surface area contributed by atoms with Gasteiger partial charge in [0, 0.05) is 44.0 Å². The van der Waals surface area contributed by atoms with E-state index in [2.05, 4.69) is 39.2 Å². The van der Waals surface area contributed by atoms with Gasteiger partial charge in [0.2, 0.25) is 0 Å². The molecule has 0 bridgehead atoms. The Balaban J connectivity index is 1.68. The van der Waals surface area contributed by atoms with Crippen molar-refractivity contribution in [3.05, 3.63) is 23.9 Å². The Hall–Kier alpha value is -1.13. The van der Waals surface area contributed by atoms with E-state index >= 15 is 0 Å². The lowest BCUT2D eigenvalue weighted by atomic mass is 9.99. The van der Waals surface area contributed by atoms with Crippen LogP contribution in [0.15, 0.2) is 18.3 Å². The third-order valence-corrected chi connectivity index (χ3v) is 4.75. The summed E-state index contributed by atoms with van der Waals surface area (Å²) >= 11 is 0. The molecule has 2 aliphatic rings. The lowest BCUT2D eigenvalue weighted by Crippen LogP contribution is -2.55. The van der Waals surface area contributed by atoms with Crippen LogP contribution >= 0.6 is 0 Å². The normalized spacial score (nSPS) is 23.1. The van der Waals surface area contributed by atoms with E-state index in [9.17, 15) is 0 Å². The predicted molar refractivity (Wildman–Crippen MR) is 87.7 cm³/mol. The highest BCUT2D eigenvalue weighted by molar-refractivity contribution is 5.47. The van der Waals surface area contributed by atoms with E-state index in [0.717, 1.165) is 32.2 Å². The summed E-state index contributed by atoms with van der Waals surface area (Å²) in [6.45, 7) is 8.98. The molecule has 3 rings (SSSR count). The van der Waals surface area contributed by atoms with Crippen molar-refractivity contribution in [1.29, 1.82) is 0 Å². The molecule has 1 aromatic rings. The van der Waals surface area contributed by atoms with Crippen molar-refractivity contribution < 1.29 is 0 Å². The van der Waals surface area contributed by atoms with E-state index < -0.39 is 0 Å². The van der Waals surface area contributed by atoms with Gasteiger partial charge >= 0.3 is 0 Å². The van der Waals surface area contributed by atoms with Gasteiger partial charge in [-0.25, -0.2) is 4.98 Å². The Morgan fingerprint density at radius 3 is 3.14 bits per heavy atom. The van der Waals surface area contributed by atoms with Crippen LogP contribution in [0, 0.1) is 0 Å². The number of hydrogen-bond donors (Lipinski definition) is 1. The molecule has 1 N–H and O–H groups in total. The molecule has 0 aromatic carbocycles. The first kappa shape index (κ1) is 14.8. The van der Waals surface area contributed by atoms with E-state index in [4.69, 9.17) is 0 Å². The number of aromatic nitrogens is 1. The molecule has 2 aliphatic heterocycles. The first-order valence-electron chi connectivity index (χ1n) is 8.52. The maximum Gasteiger partial charge on any atom is 0.133 e. The highest BCUT2D eigenvalue weighted by Gasteiger charge is 2.29. The Bertz CT molecular complexity index is 448. The van der Waals surface area contributed by atoms with Gasteiger partial charge in [0.15, 0.2) is 0 Å². The fourth-order valence-electron chi connectivity index (χ4n) is 3.60. The summed E-state index contributed by atoms with van der Waals surface area (Å²) in [6.07, 6.45) is 7.24. The summed E-state index contributed by atoms with van der Waals surface area (Å²) in [4.78, 5) is 9.87. The van der Waals surface area contributed by atoms with Gasteiger partial charge in [-0.2, -0.15) is 0 Å². The fourth-order valence-corrected chi connectivity index (χ4v) is 3.60. The second-order valence-corrected chi connectivity index (χ2v) is 6.29. The first-order valence-corrected chi connectivity index (χ1v) is 8.52. The van der Waals surface area contributed by atoms with Crippen LogP contribution in [0.5, 0.6) is 0 Å². The van der Waals surface area contributed by atoms with Crippen LogP contribution in [0.1, 0.15) is 38.2 Å². The summed E-state index contributed by atoms with van der Waals surface area (Å²) in [5, 5.41) is 3.51. The Morgan fingerprint density at radius 2 is 2.24 bits per heavy atom. The van der Waals surface area contributed by atoms with Gasteiger partial charge in [-0.3, -0.25) is 4.90 Å². The summed E-state index contributed by atoms with van der Waals surface area (Å²) in [6, 6.07) is 5.02. The molecule has 3 heterocycles. The molecule has 0 saturated carbocycles. The van der Waals surface area contributed by atoms with Gasteiger partial charge in [0.25, 0.3) is 0 Å². The van der Waals surface area contributed by atoms with Crippen LogP contribution in [-0.2, 0) is 6.54 Å². The quantitative estimate of drug-likeness (QED) is 0.842. The number of piperidine rings is 1. The minimum atomic E-state index is 0.742. The second kappa shape index (κ2) is 7.23. The van der Waals surface area contributed by atoms with Crippen molar-refractivity contribution in [2.45, 2.75) is 45.2 Å². The summed E-state index contributed by atoms with van der Waals surface area (Å²) in [5.74, 6) is 1.20. The SMILES string of the molecule is CCCNCc1cccnc1N1CCN2CCCCC2C1.